The standard InChI is InChI=1S/C16H25NO2/c1-13(2)17(11-14-9-7-6-8-10-14)12-16(3,4)15(18)19-5/h6-10,13H,11-12H2,1-5H3. The van der Waals surface area contributed by atoms with Gasteiger partial charge in [-0.3, -0.25) is 9.69 Å². The van der Waals surface area contributed by atoms with Gasteiger partial charge in [-0.2, -0.15) is 0 Å². The molecule has 0 N–H and O–H groups in total. The fourth-order valence-corrected chi connectivity index (χ4v) is 2.09. The molecule has 1 aromatic carbocycles. The molecule has 0 heterocycles. The molecule has 3 heteroatoms. The summed E-state index contributed by atoms with van der Waals surface area (Å²) in [6, 6.07) is 10.7. The van der Waals surface area contributed by atoms with Gasteiger partial charge in [0.05, 0.1) is 12.5 Å². The van der Waals surface area contributed by atoms with E-state index < -0.39 is 5.41 Å². The number of rotatable bonds is 6. The van der Waals surface area contributed by atoms with Crippen molar-refractivity contribution in [3.8, 4) is 0 Å². The first-order chi connectivity index (χ1) is 8.86. The number of nitrogens with zero attached hydrogens (tertiary/aromatic N) is 1. The molecule has 0 spiro atoms. The van der Waals surface area contributed by atoms with E-state index >= 15 is 0 Å². The Kier molecular flexibility index (Phi) is 5.55. The Labute approximate surface area is 116 Å². The van der Waals surface area contributed by atoms with Crippen molar-refractivity contribution in [1.29, 1.82) is 0 Å². The normalized spacial score (nSPS) is 11.9. The summed E-state index contributed by atoms with van der Waals surface area (Å²) in [6.45, 7) is 9.69. The number of benzene rings is 1. The number of carbonyl (C=O) groups excluding carboxylic acids is 1. The van der Waals surface area contributed by atoms with E-state index in [0.29, 0.717) is 12.6 Å². The van der Waals surface area contributed by atoms with Crippen LogP contribution < -0.4 is 0 Å². The first-order valence-corrected chi connectivity index (χ1v) is 6.73. The Balaban J connectivity index is 2.76. The molecule has 3 nitrogen and oxygen atoms in total. The molecular formula is C16H25NO2. The summed E-state index contributed by atoms with van der Waals surface area (Å²) in [5, 5.41) is 0. The molecule has 0 amide bonds. The lowest BCUT2D eigenvalue weighted by atomic mass is 9.92. The van der Waals surface area contributed by atoms with E-state index in [0.717, 1.165) is 6.54 Å². The number of hydrogen-bond acceptors (Lipinski definition) is 3. The molecule has 0 bridgehead atoms. The summed E-state index contributed by atoms with van der Waals surface area (Å²) in [6.07, 6.45) is 0. The van der Waals surface area contributed by atoms with Crippen molar-refractivity contribution < 1.29 is 9.53 Å². The van der Waals surface area contributed by atoms with Gasteiger partial charge in [-0.15, -0.1) is 0 Å². The second kappa shape index (κ2) is 6.71. The summed E-state index contributed by atoms with van der Waals surface area (Å²) >= 11 is 0. The minimum atomic E-state index is -0.492. The van der Waals surface area contributed by atoms with Crippen LogP contribution in [-0.4, -0.2) is 30.6 Å². The lowest BCUT2D eigenvalue weighted by Gasteiger charge is -2.33. The van der Waals surface area contributed by atoms with Gasteiger partial charge in [0, 0.05) is 19.1 Å². The van der Waals surface area contributed by atoms with Gasteiger partial charge in [0.1, 0.15) is 0 Å². The quantitative estimate of drug-likeness (QED) is 0.739. The Hall–Kier alpha value is -1.35. The molecule has 1 rings (SSSR count). The van der Waals surface area contributed by atoms with Crippen LogP contribution in [0.3, 0.4) is 0 Å². The Morgan fingerprint density at radius 2 is 1.84 bits per heavy atom. The van der Waals surface area contributed by atoms with Crippen LogP contribution in [0.5, 0.6) is 0 Å². The van der Waals surface area contributed by atoms with Gasteiger partial charge >= 0.3 is 5.97 Å². The third-order valence-corrected chi connectivity index (χ3v) is 3.30. The topological polar surface area (TPSA) is 29.5 Å². The smallest absolute Gasteiger partial charge is 0.312 e. The predicted octanol–water partition coefficient (Wildman–Crippen LogP) is 3.10. The molecule has 0 aliphatic rings. The number of ether oxygens (including phenoxy) is 1. The van der Waals surface area contributed by atoms with E-state index in [1.54, 1.807) is 0 Å². The molecule has 19 heavy (non-hydrogen) atoms. The van der Waals surface area contributed by atoms with E-state index in [9.17, 15) is 4.79 Å². The maximum Gasteiger partial charge on any atom is 0.312 e. The number of hydrogen-bond donors (Lipinski definition) is 0. The molecule has 0 fully saturated rings. The van der Waals surface area contributed by atoms with E-state index in [1.807, 2.05) is 32.0 Å². The molecule has 0 saturated heterocycles. The van der Waals surface area contributed by atoms with E-state index in [-0.39, 0.29) is 5.97 Å². The van der Waals surface area contributed by atoms with Crippen molar-refractivity contribution in [2.45, 2.75) is 40.3 Å². The number of carbonyl (C=O) groups is 1. The average Bonchev–Trinajstić information content (AvgIpc) is 2.37. The third-order valence-electron chi connectivity index (χ3n) is 3.30. The predicted molar refractivity (Wildman–Crippen MR) is 77.8 cm³/mol. The van der Waals surface area contributed by atoms with Crippen LogP contribution in [0, 0.1) is 5.41 Å². The van der Waals surface area contributed by atoms with Crippen molar-refractivity contribution in [1.82, 2.24) is 4.90 Å². The van der Waals surface area contributed by atoms with Crippen LogP contribution in [0.2, 0.25) is 0 Å². The number of methoxy groups -OCH3 is 1. The lowest BCUT2D eigenvalue weighted by Crippen LogP contribution is -2.42. The first kappa shape index (κ1) is 15.7. The number of esters is 1. The van der Waals surface area contributed by atoms with Crippen molar-refractivity contribution in [2.75, 3.05) is 13.7 Å². The Bertz CT molecular complexity index is 398. The van der Waals surface area contributed by atoms with Gasteiger partial charge < -0.3 is 4.74 Å². The zero-order chi connectivity index (χ0) is 14.5. The molecule has 0 aliphatic carbocycles. The molecule has 1 aromatic rings. The summed E-state index contributed by atoms with van der Waals surface area (Å²) in [5.41, 5.74) is 0.769. The minimum Gasteiger partial charge on any atom is -0.469 e. The zero-order valence-electron chi connectivity index (χ0n) is 12.6. The van der Waals surface area contributed by atoms with Crippen LogP contribution in [0.15, 0.2) is 30.3 Å². The summed E-state index contributed by atoms with van der Waals surface area (Å²) in [4.78, 5) is 14.1. The highest BCUT2D eigenvalue weighted by Crippen LogP contribution is 2.21. The Morgan fingerprint density at radius 1 is 1.26 bits per heavy atom. The summed E-state index contributed by atoms with van der Waals surface area (Å²) < 4.78 is 4.88. The molecular weight excluding hydrogens is 238 g/mol. The van der Waals surface area contributed by atoms with Crippen molar-refractivity contribution in [3.05, 3.63) is 35.9 Å². The van der Waals surface area contributed by atoms with Gasteiger partial charge in [0.2, 0.25) is 0 Å². The summed E-state index contributed by atoms with van der Waals surface area (Å²) in [5.74, 6) is -0.161. The Morgan fingerprint density at radius 3 is 2.32 bits per heavy atom. The molecule has 0 atom stereocenters. The maximum absolute atomic E-state index is 11.8. The largest absolute Gasteiger partial charge is 0.469 e. The zero-order valence-corrected chi connectivity index (χ0v) is 12.6. The highest BCUT2D eigenvalue weighted by Gasteiger charge is 2.31. The second-order valence-electron chi connectivity index (χ2n) is 5.86. The molecule has 0 saturated carbocycles. The highest BCUT2D eigenvalue weighted by molar-refractivity contribution is 5.76. The van der Waals surface area contributed by atoms with Gasteiger partial charge in [0.25, 0.3) is 0 Å². The fourth-order valence-electron chi connectivity index (χ4n) is 2.09. The van der Waals surface area contributed by atoms with Crippen LogP contribution in [0.25, 0.3) is 0 Å². The van der Waals surface area contributed by atoms with Gasteiger partial charge in [-0.05, 0) is 33.3 Å². The van der Waals surface area contributed by atoms with Gasteiger partial charge in [-0.1, -0.05) is 30.3 Å². The van der Waals surface area contributed by atoms with Crippen LogP contribution in [-0.2, 0) is 16.1 Å². The van der Waals surface area contributed by atoms with E-state index in [1.165, 1.54) is 12.7 Å². The average molecular weight is 263 g/mol. The van der Waals surface area contributed by atoms with Crippen LogP contribution >= 0.6 is 0 Å². The first-order valence-electron chi connectivity index (χ1n) is 6.73. The van der Waals surface area contributed by atoms with Crippen LogP contribution in [0.4, 0.5) is 0 Å². The fraction of sp³-hybridized carbons (Fsp3) is 0.562. The second-order valence-corrected chi connectivity index (χ2v) is 5.86. The molecule has 106 valence electrons. The highest BCUT2D eigenvalue weighted by atomic mass is 16.5. The van der Waals surface area contributed by atoms with Crippen molar-refractivity contribution in [2.24, 2.45) is 5.41 Å². The van der Waals surface area contributed by atoms with E-state index in [2.05, 4.69) is 30.9 Å². The van der Waals surface area contributed by atoms with Crippen LogP contribution in [0.1, 0.15) is 33.3 Å². The SMILES string of the molecule is COC(=O)C(C)(C)CN(Cc1ccccc1)C(C)C. The van der Waals surface area contributed by atoms with Gasteiger partial charge in [0.15, 0.2) is 0 Å². The molecule has 0 radical (unpaired) electrons. The van der Waals surface area contributed by atoms with Gasteiger partial charge in [-0.25, -0.2) is 0 Å². The third kappa shape index (κ3) is 4.67. The molecule has 0 unspecified atom stereocenters. The maximum atomic E-state index is 11.8. The van der Waals surface area contributed by atoms with Crippen molar-refractivity contribution in [3.63, 3.8) is 0 Å². The minimum absolute atomic E-state index is 0.161. The summed E-state index contributed by atoms with van der Waals surface area (Å²) in [7, 11) is 1.45. The molecule has 0 aromatic heterocycles. The monoisotopic (exact) mass is 263 g/mol. The van der Waals surface area contributed by atoms with Crippen molar-refractivity contribution >= 4 is 5.97 Å². The molecule has 0 aliphatic heterocycles. The van der Waals surface area contributed by atoms with E-state index in [4.69, 9.17) is 4.74 Å². The lowest BCUT2D eigenvalue weighted by molar-refractivity contribution is -0.152.